The molecule has 2 aromatic carbocycles. The van der Waals surface area contributed by atoms with Crippen LogP contribution in [0, 0.1) is 19.4 Å². The Morgan fingerprint density at radius 2 is 1.82 bits per heavy atom. The van der Waals surface area contributed by atoms with E-state index in [2.05, 4.69) is 16.7 Å². The Morgan fingerprint density at radius 1 is 1.16 bits per heavy atom. The van der Waals surface area contributed by atoms with Gasteiger partial charge < -0.3 is 25.2 Å². The second-order valence-corrected chi connectivity index (χ2v) is 10.5. The number of nitrogens with zero attached hydrogens (tertiary/aromatic N) is 1. The van der Waals surface area contributed by atoms with Crippen LogP contribution in [0.1, 0.15) is 44.4 Å². The number of amides is 3. The molecule has 0 heterocycles. The molecule has 0 aromatic heterocycles. The van der Waals surface area contributed by atoms with Crippen molar-refractivity contribution in [2.75, 3.05) is 24.4 Å². The van der Waals surface area contributed by atoms with Crippen molar-refractivity contribution in [1.29, 1.82) is 0 Å². The molecule has 3 N–H and O–H groups in total. The number of aromatic hydroxyl groups is 1. The van der Waals surface area contributed by atoms with Gasteiger partial charge in [0.15, 0.2) is 0 Å². The van der Waals surface area contributed by atoms with Crippen LogP contribution >= 0.6 is 11.8 Å². The highest BCUT2D eigenvalue weighted by atomic mass is 32.2. The number of anilines is 1. The molecule has 2 rings (SSSR count). The fraction of sp³-hybridized carbons (Fsp3) is 0.393. The molecule has 2 aromatic rings. The van der Waals surface area contributed by atoms with Crippen molar-refractivity contribution in [2.24, 2.45) is 0 Å². The number of alkyl carbamates (subject to hydrolysis) is 1. The molecule has 10 heteroatoms. The average molecular weight is 542 g/mol. The molecule has 38 heavy (non-hydrogen) atoms. The molecule has 0 aliphatic carbocycles. The molecule has 0 spiro atoms. The Labute approximate surface area is 228 Å². The molecule has 0 saturated carbocycles. The first kappa shape index (κ1) is 30.4. The number of ether oxygens (including phenoxy) is 2. The Kier molecular flexibility index (Phi) is 10.9. The lowest BCUT2D eigenvalue weighted by Gasteiger charge is -2.30. The molecular formula is C28H35N3O6S. The number of carbonyl (C=O) groups is 3. The molecule has 0 bridgehead atoms. The number of hydrogen-bond acceptors (Lipinski definition) is 7. The van der Waals surface area contributed by atoms with Gasteiger partial charge in [0.1, 0.15) is 29.2 Å². The average Bonchev–Trinajstić information content (AvgIpc) is 2.85. The van der Waals surface area contributed by atoms with E-state index in [4.69, 9.17) is 15.9 Å². The van der Waals surface area contributed by atoms with Crippen LogP contribution < -0.4 is 15.4 Å². The highest BCUT2D eigenvalue weighted by Crippen LogP contribution is 2.28. The first-order valence-corrected chi connectivity index (χ1v) is 13.3. The third kappa shape index (κ3) is 8.63. The number of phenols is 1. The topological polar surface area (TPSA) is 117 Å². The standard InChI is InChI=1S/C28H35N3O6S/c1-8-31(26(34)22(15-16-38-7)30-27(35)37-28(3,4)5)24(19-9-14-23(32)18(2)17-19)25(33)29-20-10-12-21(36-6)13-11-20/h1,9-14,17,22,24,32H,15-16H2,2-7H3,(H,29,33)(H,30,35). The van der Waals surface area contributed by atoms with Gasteiger partial charge in [0.25, 0.3) is 11.8 Å². The van der Waals surface area contributed by atoms with Crippen molar-refractivity contribution in [3.8, 4) is 24.0 Å². The molecule has 0 radical (unpaired) electrons. The number of nitrogens with one attached hydrogen (secondary N) is 2. The van der Waals surface area contributed by atoms with Gasteiger partial charge in [0.2, 0.25) is 0 Å². The van der Waals surface area contributed by atoms with Crippen molar-refractivity contribution in [2.45, 2.75) is 51.8 Å². The fourth-order valence-electron chi connectivity index (χ4n) is 3.53. The van der Waals surface area contributed by atoms with Gasteiger partial charge in [-0.05, 0) is 93.6 Å². The summed E-state index contributed by atoms with van der Waals surface area (Å²) in [5, 5.41) is 15.4. The molecule has 0 saturated heterocycles. The van der Waals surface area contributed by atoms with Crippen LogP contribution in [-0.4, -0.2) is 58.7 Å². The van der Waals surface area contributed by atoms with E-state index >= 15 is 0 Å². The fourth-order valence-corrected chi connectivity index (χ4v) is 4.00. The molecule has 2 atom stereocenters. The minimum absolute atomic E-state index is 0.0334. The van der Waals surface area contributed by atoms with Crippen molar-refractivity contribution >= 4 is 35.4 Å². The Bertz CT molecular complexity index is 1170. The number of benzene rings is 2. The maximum atomic E-state index is 13.7. The zero-order valence-electron chi connectivity index (χ0n) is 22.5. The van der Waals surface area contributed by atoms with E-state index in [0.717, 1.165) is 4.90 Å². The minimum atomic E-state index is -1.26. The van der Waals surface area contributed by atoms with E-state index < -0.39 is 35.6 Å². The number of phenolic OH excluding ortho intramolecular Hbond substituents is 1. The SMILES string of the molecule is C#CN(C(=O)C(CCSC)NC(=O)OC(C)(C)C)C(C(=O)Nc1ccc(OC)cc1)c1ccc(O)c(C)c1. The van der Waals surface area contributed by atoms with Gasteiger partial charge >= 0.3 is 6.09 Å². The zero-order chi connectivity index (χ0) is 28.5. The molecule has 3 amide bonds. The third-order valence-electron chi connectivity index (χ3n) is 5.38. The van der Waals surface area contributed by atoms with E-state index in [-0.39, 0.29) is 12.2 Å². The van der Waals surface area contributed by atoms with Crippen LogP contribution in [0.15, 0.2) is 42.5 Å². The predicted molar refractivity (Wildman–Crippen MR) is 149 cm³/mol. The maximum Gasteiger partial charge on any atom is 0.408 e. The van der Waals surface area contributed by atoms with E-state index in [1.54, 1.807) is 58.0 Å². The first-order chi connectivity index (χ1) is 17.9. The van der Waals surface area contributed by atoms with Crippen molar-refractivity contribution in [3.05, 3.63) is 53.6 Å². The lowest BCUT2D eigenvalue weighted by molar-refractivity contribution is -0.136. The molecule has 9 nitrogen and oxygen atoms in total. The summed E-state index contributed by atoms with van der Waals surface area (Å²) in [6.07, 6.45) is 7.17. The molecule has 0 fully saturated rings. The minimum Gasteiger partial charge on any atom is -0.508 e. The second kappa shape index (κ2) is 13.6. The van der Waals surface area contributed by atoms with Gasteiger partial charge in [-0.15, -0.1) is 0 Å². The van der Waals surface area contributed by atoms with Crippen molar-refractivity contribution < 1.29 is 29.0 Å². The van der Waals surface area contributed by atoms with Crippen molar-refractivity contribution in [3.63, 3.8) is 0 Å². The summed E-state index contributed by atoms with van der Waals surface area (Å²) in [6.45, 7) is 6.81. The Balaban J connectivity index is 2.46. The summed E-state index contributed by atoms with van der Waals surface area (Å²) in [4.78, 5) is 40.8. The van der Waals surface area contributed by atoms with E-state index in [9.17, 15) is 19.5 Å². The smallest absolute Gasteiger partial charge is 0.408 e. The van der Waals surface area contributed by atoms with Gasteiger partial charge in [-0.3, -0.25) is 14.5 Å². The molecule has 204 valence electrons. The van der Waals surface area contributed by atoms with Crippen LogP contribution in [0.2, 0.25) is 0 Å². The highest BCUT2D eigenvalue weighted by molar-refractivity contribution is 7.98. The van der Waals surface area contributed by atoms with E-state index in [1.807, 2.05) is 6.26 Å². The van der Waals surface area contributed by atoms with Crippen LogP contribution in [0.25, 0.3) is 0 Å². The maximum absolute atomic E-state index is 13.7. The lowest BCUT2D eigenvalue weighted by atomic mass is 10.0. The highest BCUT2D eigenvalue weighted by Gasteiger charge is 2.36. The second-order valence-electron chi connectivity index (χ2n) is 9.48. The molecule has 0 aliphatic rings. The number of thioether (sulfide) groups is 1. The third-order valence-corrected chi connectivity index (χ3v) is 6.02. The quantitative estimate of drug-likeness (QED) is 0.300. The van der Waals surface area contributed by atoms with Crippen LogP contribution in [-0.2, 0) is 14.3 Å². The summed E-state index contributed by atoms with van der Waals surface area (Å²) in [5.74, 6) is -0.0309. The number of rotatable bonds is 10. The normalized spacial score (nSPS) is 12.4. The molecule has 2 unspecified atom stereocenters. The summed E-state index contributed by atoms with van der Waals surface area (Å²) >= 11 is 1.49. The zero-order valence-corrected chi connectivity index (χ0v) is 23.3. The molecule has 0 aliphatic heterocycles. The van der Waals surface area contributed by atoms with Gasteiger partial charge in [0.05, 0.1) is 7.11 Å². The predicted octanol–water partition coefficient (Wildman–Crippen LogP) is 4.45. The monoisotopic (exact) mass is 541 g/mol. The van der Waals surface area contributed by atoms with Gasteiger partial charge in [-0.25, -0.2) is 4.79 Å². The first-order valence-electron chi connectivity index (χ1n) is 11.9. The van der Waals surface area contributed by atoms with Gasteiger partial charge in [-0.1, -0.05) is 12.5 Å². The summed E-state index contributed by atoms with van der Waals surface area (Å²) in [7, 11) is 1.53. The van der Waals surface area contributed by atoms with Gasteiger partial charge in [0, 0.05) is 11.7 Å². The van der Waals surface area contributed by atoms with Crippen LogP contribution in [0.3, 0.4) is 0 Å². The number of methoxy groups -OCH3 is 1. The Hall–Kier alpha value is -3.84. The number of carbonyl (C=O) groups excluding carboxylic acids is 3. The summed E-state index contributed by atoms with van der Waals surface area (Å²) in [6, 6.07) is 11.3. The molecular weight excluding hydrogens is 506 g/mol. The Morgan fingerprint density at radius 3 is 2.34 bits per heavy atom. The van der Waals surface area contributed by atoms with Gasteiger partial charge in [-0.2, -0.15) is 11.8 Å². The van der Waals surface area contributed by atoms with E-state index in [0.29, 0.717) is 28.3 Å². The number of hydrogen-bond donors (Lipinski definition) is 3. The van der Waals surface area contributed by atoms with E-state index in [1.165, 1.54) is 31.0 Å². The van der Waals surface area contributed by atoms with Crippen molar-refractivity contribution in [1.82, 2.24) is 10.2 Å². The van der Waals surface area contributed by atoms with Crippen LogP contribution in [0.4, 0.5) is 10.5 Å². The van der Waals surface area contributed by atoms with Crippen LogP contribution in [0.5, 0.6) is 11.5 Å². The largest absolute Gasteiger partial charge is 0.508 e. The summed E-state index contributed by atoms with van der Waals surface area (Å²) < 4.78 is 10.5. The number of aryl methyl sites for hydroxylation is 1. The lowest BCUT2D eigenvalue weighted by Crippen LogP contribution is -2.51. The summed E-state index contributed by atoms with van der Waals surface area (Å²) in [5.41, 5.74) is 0.581. The number of terminal acetylenes is 1.